The summed E-state index contributed by atoms with van der Waals surface area (Å²) in [7, 11) is 2.15. The lowest BCUT2D eigenvalue weighted by Gasteiger charge is -2.33. The van der Waals surface area contributed by atoms with Gasteiger partial charge in [0.1, 0.15) is 11.0 Å². The second-order valence-corrected chi connectivity index (χ2v) is 15.8. The molecule has 0 aliphatic heterocycles. The number of furan rings is 1. The topological polar surface area (TPSA) is 59.4 Å². The van der Waals surface area contributed by atoms with Crippen molar-refractivity contribution in [2.75, 3.05) is 13.6 Å². The van der Waals surface area contributed by atoms with Crippen LogP contribution in [0.3, 0.4) is 0 Å². The minimum Gasteiger partial charge on any atom is -0.456 e. The highest BCUT2D eigenvalue weighted by Crippen LogP contribution is 2.40. The molecular formula is C49H42N4OS. The summed E-state index contributed by atoms with van der Waals surface area (Å²) in [6.45, 7) is 4.82. The Morgan fingerprint density at radius 3 is 2.36 bits per heavy atom. The van der Waals surface area contributed by atoms with Crippen molar-refractivity contribution in [2.45, 2.75) is 31.6 Å². The molecule has 0 spiro atoms. The molecule has 6 heteroatoms. The average molecular weight is 735 g/mol. The number of thiophene rings is 1. The van der Waals surface area contributed by atoms with Crippen LogP contribution in [0.4, 0.5) is 0 Å². The fourth-order valence-electron chi connectivity index (χ4n) is 8.75. The molecule has 55 heavy (non-hydrogen) atoms. The predicted octanol–water partition coefficient (Wildman–Crippen LogP) is 10.4. The molecule has 3 heterocycles. The molecule has 1 aliphatic rings. The van der Waals surface area contributed by atoms with Crippen molar-refractivity contribution >= 4 is 75.9 Å². The molecule has 0 saturated heterocycles. The fourth-order valence-corrected chi connectivity index (χ4v) is 9.87. The SMILES string of the molecule is C=CCCN(C)C(NC(N)C1=c2c(oc3cccc(-c4ccc5sc6cc(-n7c8ccccc8c8ccccc87)ccc6c5c4)c23)=CCC1)c1ccccc1. The van der Waals surface area contributed by atoms with Gasteiger partial charge in [0.15, 0.2) is 0 Å². The van der Waals surface area contributed by atoms with E-state index in [1.54, 1.807) is 0 Å². The number of fused-ring (bicyclic) bond motifs is 9. The van der Waals surface area contributed by atoms with E-state index in [-0.39, 0.29) is 12.3 Å². The van der Waals surface area contributed by atoms with Gasteiger partial charge in [-0.25, -0.2) is 0 Å². The number of hydrogen-bond acceptors (Lipinski definition) is 5. The Hall–Kier alpha value is -5.76. The van der Waals surface area contributed by atoms with Crippen LogP contribution in [0.25, 0.3) is 81.4 Å². The molecule has 3 N–H and O–H groups in total. The second kappa shape index (κ2) is 13.8. The average Bonchev–Trinajstić information content (AvgIpc) is 3.91. The molecule has 2 unspecified atom stereocenters. The molecule has 0 amide bonds. The summed E-state index contributed by atoms with van der Waals surface area (Å²) in [5.74, 6) is 0. The van der Waals surface area contributed by atoms with Gasteiger partial charge in [-0.15, -0.1) is 17.9 Å². The van der Waals surface area contributed by atoms with Crippen LogP contribution in [0.2, 0.25) is 0 Å². The molecule has 9 aromatic rings. The molecule has 6 aromatic carbocycles. The van der Waals surface area contributed by atoms with E-state index in [0.717, 1.165) is 53.0 Å². The molecule has 3 aromatic heterocycles. The maximum Gasteiger partial charge on any atom is 0.136 e. The van der Waals surface area contributed by atoms with Gasteiger partial charge >= 0.3 is 0 Å². The van der Waals surface area contributed by atoms with E-state index < -0.39 is 0 Å². The monoisotopic (exact) mass is 734 g/mol. The lowest BCUT2D eigenvalue weighted by molar-refractivity contribution is 0.201. The van der Waals surface area contributed by atoms with E-state index >= 15 is 0 Å². The van der Waals surface area contributed by atoms with Gasteiger partial charge in [-0.2, -0.15) is 0 Å². The standard InChI is InChI=1S/C49H42N4OS/c1-3-4-28-52(2)49(31-14-6-5-7-15-31)51-48(50)38-19-13-23-43-47(38)46-34(18-12-22-42(46)54-43)32-24-27-44-39(29-32)37-26-25-33(30-45(37)55-44)53-40-20-10-8-16-35(40)36-17-9-11-21-41(36)53/h3,5-12,14-18,20-27,29-30,48-49,51H,1,4,13,19,28,50H2,2H3. The smallest absolute Gasteiger partial charge is 0.136 e. The Bertz CT molecular complexity index is 2990. The van der Waals surface area contributed by atoms with Gasteiger partial charge in [-0.3, -0.25) is 10.2 Å². The summed E-state index contributed by atoms with van der Waals surface area (Å²) < 4.78 is 11.5. The first-order chi connectivity index (χ1) is 27.1. The number of nitrogens with two attached hydrogens (primary N) is 1. The molecule has 1 aliphatic carbocycles. The van der Waals surface area contributed by atoms with Crippen LogP contribution in [-0.2, 0) is 0 Å². The Kier molecular flexibility index (Phi) is 8.49. The normalized spacial score (nSPS) is 14.3. The Balaban J connectivity index is 1.08. The molecular weight excluding hydrogens is 693 g/mol. The van der Waals surface area contributed by atoms with E-state index in [9.17, 15) is 0 Å². The Morgan fingerprint density at radius 1 is 0.818 bits per heavy atom. The lowest BCUT2D eigenvalue weighted by Crippen LogP contribution is -2.49. The van der Waals surface area contributed by atoms with Crippen LogP contribution >= 0.6 is 11.3 Å². The highest BCUT2D eigenvalue weighted by molar-refractivity contribution is 7.25. The summed E-state index contributed by atoms with van der Waals surface area (Å²) in [6.07, 6.45) is 6.42. The van der Waals surface area contributed by atoms with Gasteiger partial charge in [0.2, 0.25) is 0 Å². The van der Waals surface area contributed by atoms with Gasteiger partial charge in [0.05, 0.1) is 23.4 Å². The van der Waals surface area contributed by atoms with Gasteiger partial charge < -0.3 is 14.7 Å². The van der Waals surface area contributed by atoms with Gasteiger partial charge in [0.25, 0.3) is 0 Å². The maximum atomic E-state index is 7.19. The zero-order valence-electron chi connectivity index (χ0n) is 30.8. The molecule has 0 bridgehead atoms. The highest BCUT2D eigenvalue weighted by Gasteiger charge is 2.25. The zero-order valence-corrected chi connectivity index (χ0v) is 31.7. The van der Waals surface area contributed by atoms with Crippen molar-refractivity contribution in [1.29, 1.82) is 0 Å². The molecule has 0 fully saturated rings. The van der Waals surface area contributed by atoms with Gasteiger partial charge in [0, 0.05) is 53.8 Å². The first kappa shape index (κ1) is 33.8. The number of benzene rings is 6. The number of hydrogen-bond donors (Lipinski definition) is 2. The number of aromatic nitrogens is 1. The third kappa shape index (κ3) is 5.72. The maximum absolute atomic E-state index is 7.19. The number of nitrogens with zero attached hydrogens (tertiary/aromatic N) is 2. The second-order valence-electron chi connectivity index (χ2n) is 14.7. The van der Waals surface area contributed by atoms with Crippen molar-refractivity contribution in [2.24, 2.45) is 5.73 Å². The van der Waals surface area contributed by atoms with E-state index in [4.69, 9.17) is 10.2 Å². The third-order valence-electron chi connectivity index (χ3n) is 11.4. The van der Waals surface area contributed by atoms with Crippen molar-refractivity contribution in [3.8, 4) is 16.8 Å². The fraction of sp³-hybridized carbons (Fsp3) is 0.143. The van der Waals surface area contributed by atoms with Crippen LogP contribution in [-0.4, -0.2) is 29.2 Å². The minimum absolute atomic E-state index is 0.0552. The van der Waals surface area contributed by atoms with Crippen LogP contribution < -0.4 is 21.7 Å². The van der Waals surface area contributed by atoms with E-state index in [2.05, 4.69) is 168 Å². The first-order valence-corrected chi connectivity index (χ1v) is 20.0. The summed E-state index contributed by atoms with van der Waals surface area (Å²) >= 11 is 1.86. The molecule has 270 valence electrons. The van der Waals surface area contributed by atoms with Crippen LogP contribution in [0.1, 0.15) is 31.0 Å². The molecule has 2 atom stereocenters. The van der Waals surface area contributed by atoms with Crippen LogP contribution in [0.15, 0.2) is 151 Å². The molecule has 0 saturated carbocycles. The summed E-state index contributed by atoms with van der Waals surface area (Å²) in [6, 6.07) is 48.3. The number of nitrogens with one attached hydrogen (secondary N) is 1. The quantitative estimate of drug-likeness (QED) is 0.109. The van der Waals surface area contributed by atoms with Crippen LogP contribution in [0.5, 0.6) is 0 Å². The van der Waals surface area contributed by atoms with E-state index in [1.807, 2.05) is 17.4 Å². The summed E-state index contributed by atoms with van der Waals surface area (Å²) in [4.78, 5) is 2.32. The molecule has 5 nitrogen and oxygen atoms in total. The van der Waals surface area contributed by atoms with Gasteiger partial charge in [-0.05, 0) is 97.1 Å². The van der Waals surface area contributed by atoms with Crippen molar-refractivity contribution in [1.82, 2.24) is 14.8 Å². The number of para-hydroxylation sites is 2. The molecule has 10 rings (SSSR count). The van der Waals surface area contributed by atoms with Crippen molar-refractivity contribution in [3.63, 3.8) is 0 Å². The third-order valence-corrected chi connectivity index (χ3v) is 12.5. The zero-order chi connectivity index (χ0) is 37.0. The number of rotatable bonds is 10. The lowest BCUT2D eigenvalue weighted by atomic mass is 9.94. The minimum atomic E-state index is -0.371. The van der Waals surface area contributed by atoms with Crippen molar-refractivity contribution < 1.29 is 4.42 Å². The highest BCUT2D eigenvalue weighted by atomic mass is 32.1. The Morgan fingerprint density at radius 2 is 1.58 bits per heavy atom. The van der Waals surface area contributed by atoms with Crippen LogP contribution in [0, 0.1) is 0 Å². The van der Waals surface area contributed by atoms with Gasteiger partial charge in [-0.1, -0.05) is 97.1 Å². The first-order valence-electron chi connectivity index (χ1n) is 19.1. The summed E-state index contributed by atoms with van der Waals surface area (Å²) in [5.41, 5.74) is 17.3. The largest absolute Gasteiger partial charge is 0.456 e. The van der Waals surface area contributed by atoms with E-state index in [0.29, 0.717) is 0 Å². The van der Waals surface area contributed by atoms with Crippen molar-refractivity contribution in [3.05, 3.63) is 162 Å². The summed E-state index contributed by atoms with van der Waals surface area (Å²) in [5, 5.41) is 11.2. The van der Waals surface area contributed by atoms with E-state index in [1.165, 1.54) is 64.4 Å². The molecule has 0 radical (unpaired) electrons. The Labute approximate surface area is 323 Å². The predicted molar refractivity (Wildman–Crippen MR) is 233 cm³/mol.